The number of amides is 2. The Labute approximate surface area is 233 Å². The molecule has 0 bridgehead atoms. The fourth-order valence-corrected chi connectivity index (χ4v) is 6.40. The number of benzene rings is 2. The maximum absolute atomic E-state index is 13.1. The lowest BCUT2D eigenvalue weighted by Gasteiger charge is -2.44. The van der Waals surface area contributed by atoms with Crippen molar-refractivity contribution >= 4 is 39.7 Å². The molecule has 10 heteroatoms. The topological polar surface area (TPSA) is 120 Å². The maximum atomic E-state index is 13.1. The van der Waals surface area contributed by atoms with Crippen LogP contribution in [-0.2, 0) is 14.9 Å². The fraction of sp³-hybridized carbons (Fsp3) is 0.517. The molecule has 9 nitrogen and oxygen atoms in total. The molecule has 0 atom stereocenters. The molecule has 0 saturated carbocycles. The van der Waals surface area contributed by atoms with Gasteiger partial charge >= 0.3 is 12.0 Å². The highest BCUT2D eigenvalue weighted by Gasteiger charge is 2.31. The van der Waals surface area contributed by atoms with Crippen LogP contribution in [0.1, 0.15) is 59.4 Å². The van der Waals surface area contributed by atoms with E-state index < -0.39 is 22.0 Å². The van der Waals surface area contributed by atoms with E-state index in [2.05, 4.69) is 22.5 Å². The van der Waals surface area contributed by atoms with Gasteiger partial charge in [0.2, 0.25) is 0 Å². The van der Waals surface area contributed by atoms with Gasteiger partial charge in [0.25, 0.3) is 0 Å². The molecule has 4 N–H and O–H groups in total. The normalized spacial score (nSPS) is 16.2. The van der Waals surface area contributed by atoms with E-state index in [-0.39, 0.29) is 18.4 Å². The minimum atomic E-state index is -2.51. The van der Waals surface area contributed by atoms with E-state index in [1.165, 1.54) is 0 Å². The molecule has 1 aliphatic heterocycles. The largest absolute Gasteiger partial charge is 0.494 e. The third-order valence-corrected chi connectivity index (χ3v) is 8.77. The van der Waals surface area contributed by atoms with E-state index in [0.29, 0.717) is 55.5 Å². The Balaban J connectivity index is 1.90. The van der Waals surface area contributed by atoms with Crippen molar-refractivity contribution in [2.24, 2.45) is 0 Å². The van der Waals surface area contributed by atoms with E-state index in [1.807, 2.05) is 39.0 Å². The minimum absolute atomic E-state index is 0.114. The van der Waals surface area contributed by atoms with Gasteiger partial charge < -0.3 is 25.0 Å². The van der Waals surface area contributed by atoms with Gasteiger partial charge in [0.1, 0.15) is 5.75 Å². The molecule has 2 amide bonds. The summed E-state index contributed by atoms with van der Waals surface area (Å²) in [5.74, 6) is 1.20. The second-order valence-electron chi connectivity index (χ2n) is 10.4. The van der Waals surface area contributed by atoms with E-state index in [9.17, 15) is 18.7 Å². The van der Waals surface area contributed by atoms with Crippen LogP contribution in [0.15, 0.2) is 42.5 Å². The Morgan fingerprint density at radius 1 is 1.00 bits per heavy atom. The van der Waals surface area contributed by atoms with Gasteiger partial charge in [0.05, 0.1) is 31.0 Å². The average molecular weight is 562 g/mol. The summed E-state index contributed by atoms with van der Waals surface area (Å²) in [4.78, 5) is 27.6. The number of carbonyl (C=O) groups excluding carboxylic acids is 2. The standard InChI is InChI=1S/C29H43N3O6S/c1-6-32(23-15-17-39(35,36)18-16-23)26-14-9-21(29(4,5)20-27(33)38-8-3)19-25(26)31-28(34)30-22-10-12-24(13-11-22)37-7-2/h9-14,19,23,35-36H,6-8,15-18,20H2,1-5H3,(H2,30,31,34). The SMILES string of the molecule is CCOC(=O)CC(C)(C)c1ccc(N(CC)C2CCS(O)(O)CC2)c(NC(=O)Nc2ccc(OCC)cc2)c1. The van der Waals surface area contributed by atoms with Crippen LogP contribution in [-0.4, -0.2) is 58.4 Å². The van der Waals surface area contributed by atoms with Crippen LogP contribution in [0.2, 0.25) is 0 Å². The molecule has 0 aliphatic carbocycles. The Kier molecular flexibility index (Phi) is 10.5. The molecule has 1 saturated heterocycles. The first-order valence-corrected chi connectivity index (χ1v) is 15.5. The zero-order valence-electron chi connectivity index (χ0n) is 23.7. The highest BCUT2D eigenvalue weighted by atomic mass is 32.3. The van der Waals surface area contributed by atoms with Crippen molar-refractivity contribution in [1.82, 2.24) is 0 Å². The molecule has 39 heavy (non-hydrogen) atoms. The molecule has 1 heterocycles. The predicted octanol–water partition coefficient (Wildman–Crippen LogP) is 6.70. The smallest absolute Gasteiger partial charge is 0.323 e. The zero-order chi connectivity index (χ0) is 28.6. The number of nitrogens with one attached hydrogen (secondary N) is 2. The Morgan fingerprint density at radius 2 is 1.67 bits per heavy atom. The monoisotopic (exact) mass is 561 g/mol. The number of hydrogen-bond donors (Lipinski definition) is 4. The number of anilines is 3. The third kappa shape index (κ3) is 8.52. The number of hydrogen-bond acceptors (Lipinski definition) is 7. The molecule has 0 radical (unpaired) electrons. The van der Waals surface area contributed by atoms with Gasteiger partial charge in [-0.25, -0.2) is 4.79 Å². The van der Waals surface area contributed by atoms with Crippen molar-refractivity contribution in [3.8, 4) is 5.75 Å². The van der Waals surface area contributed by atoms with Crippen LogP contribution in [0.4, 0.5) is 21.9 Å². The number of carbonyl (C=O) groups is 2. The first kappa shape index (κ1) is 30.6. The van der Waals surface area contributed by atoms with Crippen LogP contribution >= 0.6 is 10.6 Å². The van der Waals surface area contributed by atoms with E-state index in [1.54, 1.807) is 31.2 Å². The van der Waals surface area contributed by atoms with Crippen molar-refractivity contribution in [2.75, 3.05) is 46.8 Å². The summed E-state index contributed by atoms with van der Waals surface area (Å²) in [6.07, 6.45) is 1.52. The molecule has 0 spiro atoms. The van der Waals surface area contributed by atoms with E-state index in [0.717, 1.165) is 17.0 Å². The molecule has 2 aromatic rings. The van der Waals surface area contributed by atoms with Crippen molar-refractivity contribution in [3.63, 3.8) is 0 Å². The van der Waals surface area contributed by atoms with Crippen molar-refractivity contribution < 1.29 is 28.2 Å². The molecular weight excluding hydrogens is 518 g/mol. The Hall–Kier alpha value is -2.95. The molecule has 1 fully saturated rings. The second kappa shape index (κ2) is 13.4. The van der Waals surface area contributed by atoms with Crippen molar-refractivity contribution in [3.05, 3.63) is 48.0 Å². The highest BCUT2D eigenvalue weighted by Crippen LogP contribution is 2.46. The molecule has 0 unspecified atom stereocenters. The molecule has 0 aromatic heterocycles. The zero-order valence-corrected chi connectivity index (χ0v) is 24.5. The van der Waals surface area contributed by atoms with E-state index >= 15 is 0 Å². The number of rotatable bonds is 11. The van der Waals surface area contributed by atoms with Gasteiger partial charge in [-0.3, -0.25) is 13.9 Å². The van der Waals surface area contributed by atoms with Gasteiger partial charge in [0.15, 0.2) is 0 Å². The maximum Gasteiger partial charge on any atom is 0.323 e. The summed E-state index contributed by atoms with van der Waals surface area (Å²) in [5.41, 5.74) is 2.46. The Morgan fingerprint density at radius 3 is 2.26 bits per heavy atom. The summed E-state index contributed by atoms with van der Waals surface area (Å²) in [7, 11) is -2.51. The van der Waals surface area contributed by atoms with Gasteiger partial charge in [-0.15, -0.1) is 0 Å². The van der Waals surface area contributed by atoms with Crippen LogP contribution in [0, 0.1) is 0 Å². The molecule has 1 aliphatic rings. The number of nitrogens with zero attached hydrogens (tertiary/aromatic N) is 1. The number of esters is 1. The second-order valence-corrected chi connectivity index (χ2v) is 12.8. The van der Waals surface area contributed by atoms with Gasteiger partial charge in [-0.2, -0.15) is 10.6 Å². The molecule has 2 aromatic carbocycles. The summed E-state index contributed by atoms with van der Waals surface area (Å²) in [6.45, 7) is 11.3. The molecular formula is C29H43N3O6S. The minimum Gasteiger partial charge on any atom is -0.494 e. The predicted molar refractivity (Wildman–Crippen MR) is 160 cm³/mol. The quantitative estimate of drug-likeness (QED) is 0.225. The first-order chi connectivity index (χ1) is 18.5. The summed E-state index contributed by atoms with van der Waals surface area (Å²) in [5, 5.41) is 5.91. The van der Waals surface area contributed by atoms with Crippen LogP contribution in [0.5, 0.6) is 5.75 Å². The van der Waals surface area contributed by atoms with E-state index in [4.69, 9.17) is 9.47 Å². The highest BCUT2D eigenvalue weighted by molar-refractivity contribution is 8.24. The lowest BCUT2D eigenvalue weighted by atomic mass is 9.81. The Bertz CT molecular complexity index is 1110. The first-order valence-electron chi connectivity index (χ1n) is 13.6. The average Bonchev–Trinajstić information content (AvgIpc) is 2.87. The lowest BCUT2D eigenvalue weighted by Crippen LogP contribution is -2.41. The third-order valence-electron chi connectivity index (χ3n) is 6.99. The van der Waals surface area contributed by atoms with Crippen molar-refractivity contribution in [1.29, 1.82) is 0 Å². The fourth-order valence-electron chi connectivity index (χ4n) is 4.90. The van der Waals surface area contributed by atoms with Crippen molar-refractivity contribution in [2.45, 2.75) is 65.3 Å². The summed E-state index contributed by atoms with van der Waals surface area (Å²) >= 11 is 0. The van der Waals surface area contributed by atoms with Gasteiger partial charge in [-0.1, -0.05) is 19.9 Å². The van der Waals surface area contributed by atoms with Gasteiger partial charge in [-0.05, 0) is 75.6 Å². The summed E-state index contributed by atoms with van der Waals surface area (Å²) < 4.78 is 30.9. The summed E-state index contributed by atoms with van der Waals surface area (Å²) in [6, 6.07) is 12.8. The molecule has 3 rings (SSSR count). The number of urea groups is 1. The van der Waals surface area contributed by atoms with Crippen LogP contribution in [0.25, 0.3) is 0 Å². The molecule has 216 valence electrons. The van der Waals surface area contributed by atoms with Crippen LogP contribution in [0.3, 0.4) is 0 Å². The number of ether oxygens (including phenoxy) is 2. The van der Waals surface area contributed by atoms with Gasteiger partial charge in [0, 0.05) is 35.2 Å². The lowest BCUT2D eigenvalue weighted by molar-refractivity contribution is -0.144. The van der Waals surface area contributed by atoms with Crippen LogP contribution < -0.4 is 20.3 Å².